The minimum absolute atomic E-state index is 0.0629. The van der Waals surface area contributed by atoms with Gasteiger partial charge in [0.15, 0.2) is 9.84 Å². The lowest BCUT2D eigenvalue weighted by atomic mass is 9.95. The Morgan fingerprint density at radius 3 is 2.15 bits per heavy atom. The molecule has 7 heteroatoms. The Morgan fingerprint density at radius 1 is 0.962 bits per heavy atom. The number of hydrogen-bond donors (Lipinski definition) is 2. The van der Waals surface area contributed by atoms with Gasteiger partial charge in [0.1, 0.15) is 0 Å². The van der Waals surface area contributed by atoms with Gasteiger partial charge in [-0.15, -0.1) is 0 Å². The number of carboxylic acid groups (broad SMARTS) is 1. The first-order valence-electron chi connectivity index (χ1n) is 8.30. The molecule has 26 heavy (non-hydrogen) atoms. The van der Waals surface area contributed by atoms with Crippen LogP contribution in [-0.4, -0.2) is 42.9 Å². The van der Waals surface area contributed by atoms with E-state index in [1.807, 2.05) is 0 Å². The fourth-order valence-corrected chi connectivity index (χ4v) is 4.86. The summed E-state index contributed by atoms with van der Waals surface area (Å²) >= 11 is 0. The second-order valence-corrected chi connectivity index (χ2v) is 8.55. The predicted molar refractivity (Wildman–Crippen MR) is 98.0 cm³/mol. The number of aromatic carboxylic acids is 1. The van der Waals surface area contributed by atoms with Crippen molar-refractivity contribution in [1.29, 1.82) is 0 Å². The zero-order chi connectivity index (χ0) is 18.7. The molecule has 136 valence electrons. The Balaban J connectivity index is 1.93. The van der Waals surface area contributed by atoms with Crippen LogP contribution in [0.2, 0.25) is 0 Å². The molecule has 3 rings (SSSR count). The zero-order valence-electron chi connectivity index (χ0n) is 14.0. The average molecular weight is 373 g/mol. The van der Waals surface area contributed by atoms with Crippen LogP contribution in [0, 0.1) is 0 Å². The van der Waals surface area contributed by atoms with Gasteiger partial charge in [0.2, 0.25) is 0 Å². The van der Waals surface area contributed by atoms with Gasteiger partial charge < -0.3 is 10.4 Å². The first kappa shape index (κ1) is 18.1. The highest BCUT2D eigenvalue weighted by atomic mass is 32.2. The summed E-state index contributed by atoms with van der Waals surface area (Å²) in [6, 6.07) is 12.8. The number of rotatable bonds is 4. The van der Waals surface area contributed by atoms with E-state index in [9.17, 15) is 23.1 Å². The third-order valence-corrected chi connectivity index (χ3v) is 6.24. The average Bonchev–Trinajstić information content (AvgIpc) is 2.61. The van der Waals surface area contributed by atoms with Crippen LogP contribution in [0.4, 0.5) is 0 Å². The van der Waals surface area contributed by atoms with Crippen LogP contribution >= 0.6 is 0 Å². The van der Waals surface area contributed by atoms with Gasteiger partial charge >= 0.3 is 5.97 Å². The number of sulfone groups is 1. The smallest absolute Gasteiger partial charge is 0.336 e. The van der Waals surface area contributed by atoms with Gasteiger partial charge in [-0.05, 0) is 36.1 Å². The number of hydrogen-bond acceptors (Lipinski definition) is 4. The number of nitrogens with one attached hydrogen (secondary N) is 1. The number of carbonyl (C=O) groups is 2. The molecule has 6 nitrogen and oxygen atoms in total. The van der Waals surface area contributed by atoms with Crippen LogP contribution < -0.4 is 5.32 Å². The Labute approximate surface area is 151 Å². The van der Waals surface area contributed by atoms with Crippen molar-refractivity contribution in [3.05, 3.63) is 59.7 Å². The zero-order valence-corrected chi connectivity index (χ0v) is 14.8. The van der Waals surface area contributed by atoms with Crippen molar-refractivity contribution < 1.29 is 23.1 Å². The second-order valence-electron chi connectivity index (χ2n) is 6.32. The summed E-state index contributed by atoms with van der Waals surface area (Å²) in [6.45, 7) is 0. The van der Waals surface area contributed by atoms with Crippen molar-refractivity contribution in [3.8, 4) is 11.1 Å². The quantitative estimate of drug-likeness (QED) is 0.857. The molecule has 1 heterocycles. The molecular weight excluding hydrogens is 354 g/mol. The first-order valence-corrected chi connectivity index (χ1v) is 10.1. The minimum atomic E-state index is -3.13. The molecule has 0 radical (unpaired) electrons. The molecule has 1 atom stereocenters. The van der Waals surface area contributed by atoms with Crippen molar-refractivity contribution >= 4 is 21.7 Å². The highest BCUT2D eigenvalue weighted by Crippen LogP contribution is 2.27. The molecule has 2 aromatic carbocycles. The Hall–Kier alpha value is -2.67. The summed E-state index contributed by atoms with van der Waals surface area (Å²) < 4.78 is 23.5. The van der Waals surface area contributed by atoms with E-state index in [4.69, 9.17) is 0 Å². The van der Waals surface area contributed by atoms with E-state index in [0.29, 0.717) is 29.5 Å². The van der Waals surface area contributed by atoms with Gasteiger partial charge in [0.25, 0.3) is 5.91 Å². The van der Waals surface area contributed by atoms with Crippen LogP contribution in [0.15, 0.2) is 48.5 Å². The molecule has 0 aliphatic carbocycles. The lowest BCUT2D eigenvalue weighted by Gasteiger charge is -2.23. The van der Waals surface area contributed by atoms with Gasteiger partial charge in [0.05, 0.1) is 17.1 Å². The van der Waals surface area contributed by atoms with Crippen LogP contribution in [0.3, 0.4) is 0 Å². The van der Waals surface area contributed by atoms with Gasteiger partial charge in [0, 0.05) is 11.6 Å². The number of amides is 1. The van der Waals surface area contributed by atoms with E-state index >= 15 is 0 Å². The van der Waals surface area contributed by atoms with Crippen LogP contribution in [0.1, 0.15) is 33.6 Å². The Morgan fingerprint density at radius 2 is 1.54 bits per heavy atom. The third kappa shape index (κ3) is 3.94. The largest absolute Gasteiger partial charge is 0.478 e. The number of carbonyl (C=O) groups excluding carboxylic acids is 1. The monoisotopic (exact) mass is 373 g/mol. The maximum atomic E-state index is 12.7. The standard InChI is InChI=1S/C19H19NO5S/c21-18(20-13-6-5-11-26(24,25)12-13)16-9-3-1-7-14(16)15-8-2-4-10-17(15)19(22)23/h1-4,7-10,13H,5-6,11-12H2,(H,20,21)(H,22,23). The topological polar surface area (TPSA) is 101 Å². The molecule has 0 bridgehead atoms. The molecule has 2 aromatic rings. The van der Waals surface area contributed by atoms with Crippen molar-refractivity contribution in [2.45, 2.75) is 18.9 Å². The molecule has 2 N–H and O–H groups in total. The molecule has 1 saturated heterocycles. The van der Waals surface area contributed by atoms with E-state index in [1.165, 1.54) is 6.07 Å². The molecule has 0 saturated carbocycles. The van der Waals surface area contributed by atoms with E-state index in [-0.39, 0.29) is 17.1 Å². The molecule has 1 aliphatic heterocycles. The summed E-state index contributed by atoms with van der Waals surface area (Å²) in [5.74, 6) is -1.38. The maximum Gasteiger partial charge on any atom is 0.336 e. The summed E-state index contributed by atoms with van der Waals surface area (Å²) in [5, 5.41) is 12.2. The summed E-state index contributed by atoms with van der Waals surface area (Å²) in [4.78, 5) is 24.2. The molecule has 1 unspecified atom stereocenters. The minimum Gasteiger partial charge on any atom is -0.478 e. The number of benzene rings is 2. The molecule has 0 spiro atoms. The summed E-state index contributed by atoms with van der Waals surface area (Å²) in [6.07, 6.45) is 1.13. The molecule has 1 amide bonds. The molecule has 1 aliphatic rings. The Kier molecular flexibility index (Phi) is 5.08. The first-order chi connectivity index (χ1) is 12.4. The third-order valence-electron chi connectivity index (χ3n) is 4.42. The van der Waals surface area contributed by atoms with E-state index in [2.05, 4.69) is 5.32 Å². The highest BCUT2D eigenvalue weighted by Gasteiger charge is 2.27. The normalized spacial score (nSPS) is 18.8. The second kappa shape index (κ2) is 7.29. The van der Waals surface area contributed by atoms with Gasteiger partial charge in [-0.2, -0.15) is 0 Å². The fraction of sp³-hybridized carbons (Fsp3) is 0.263. The van der Waals surface area contributed by atoms with Crippen LogP contribution in [0.5, 0.6) is 0 Å². The summed E-state index contributed by atoms with van der Waals surface area (Å²) in [7, 11) is -3.13. The maximum absolute atomic E-state index is 12.7. The highest BCUT2D eigenvalue weighted by molar-refractivity contribution is 7.91. The van der Waals surface area contributed by atoms with Crippen molar-refractivity contribution in [2.24, 2.45) is 0 Å². The van der Waals surface area contributed by atoms with Crippen molar-refractivity contribution in [3.63, 3.8) is 0 Å². The lowest BCUT2D eigenvalue weighted by Crippen LogP contribution is -2.43. The molecular formula is C19H19NO5S. The molecule has 1 fully saturated rings. The van der Waals surface area contributed by atoms with Crippen molar-refractivity contribution in [1.82, 2.24) is 5.32 Å². The van der Waals surface area contributed by atoms with Crippen molar-refractivity contribution in [2.75, 3.05) is 11.5 Å². The van der Waals surface area contributed by atoms with Gasteiger partial charge in [-0.3, -0.25) is 4.79 Å². The van der Waals surface area contributed by atoms with Gasteiger partial charge in [-0.1, -0.05) is 36.4 Å². The van der Waals surface area contributed by atoms with Crippen LogP contribution in [0.25, 0.3) is 11.1 Å². The molecule has 0 aromatic heterocycles. The predicted octanol–water partition coefficient (Wildman–Crippen LogP) is 2.36. The van der Waals surface area contributed by atoms with E-state index < -0.39 is 27.8 Å². The Bertz CT molecular complexity index is 952. The van der Waals surface area contributed by atoms with E-state index in [1.54, 1.807) is 42.5 Å². The lowest BCUT2D eigenvalue weighted by molar-refractivity contribution is 0.0697. The van der Waals surface area contributed by atoms with Gasteiger partial charge in [-0.25, -0.2) is 13.2 Å². The fourth-order valence-electron chi connectivity index (χ4n) is 3.22. The SMILES string of the molecule is O=C(O)c1ccccc1-c1ccccc1C(=O)NC1CCCS(=O)(=O)C1. The van der Waals surface area contributed by atoms with Crippen LogP contribution in [-0.2, 0) is 9.84 Å². The number of carboxylic acids is 1. The van der Waals surface area contributed by atoms with E-state index in [0.717, 1.165) is 0 Å². The summed E-state index contributed by atoms with van der Waals surface area (Å²) in [5.41, 5.74) is 1.38.